The number of anilines is 3. The average molecular weight is 822 g/mol. The normalized spacial score (nSPS) is 13.8. The van der Waals surface area contributed by atoms with E-state index in [1.165, 1.54) is 20.0 Å². The molecule has 0 bridgehead atoms. The number of urea groups is 1. The number of hydrogen-bond donors (Lipinski definition) is 3. The summed E-state index contributed by atoms with van der Waals surface area (Å²) in [5, 5.41) is 7.31. The standard InChI is InChI=1S/C46H55N5O7S/c1-46(2,3)32-27-39(44(57-6)40(28-32)50-59(7,54)55)49-45(53)48-38-17-18-42(36-13-9-8-12-35(36)38)58-34-19-22-47-33(29-34)25-31-15-16-37(43(26-31)56-5)41(52)14-10-11-30-20-23-51(4)24-21-30/h8-9,12-13,15-19,22,26-30,50H,10-11,14,20-21,23-25H2,1-7H3,(H2,48,49,53). The van der Waals surface area contributed by atoms with Crippen LogP contribution in [0.3, 0.4) is 0 Å². The van der Waals surface area contributed by atoms with Gasteiger partial charge in [-0.15, -0.1) is 0 Å². The Morgan fingerprint density at radius 3 is 2.25 bits per heavy atom. The number of Topliss-reactive ketones (excluding diaryl/α,β-unsaturated/α-hetero) is 1. The first-order valence-corrected chi connectivity index (χ1v) is 21.8. The van der Waals surface area contributed by atoms with Gasteiger partial charge in [0.1, 0.15) is 17.2 Å². The molecule has 1 fully saturated rings. The lowest BCUT2D eigenvalue weighted by molar-refractivity contribution is 0.0972. The van der Waals surface area contributed by atoms with Crippen molar-refractivity contribution in [1.82, 2.24) is 9.88 Å². The molecule has 2 heterocycles. The molecule has 4 aromatic carbocycles. The van der Waals surface area contributed by atoms with E-state index in [0.29, 0.717) is 52.9 Å². The number of aromatic nitrogens is 1. The largest absolute Gasteiger partial charge is 0.496 e. The number of carbonyl (C=O) groups is 2. The second-order valence-corrected chi connectivity index (χ2v) is 18.1. The number of nitrogens with one attached hydrogen (secondary N) is 3. The zero-order valence-electron chi connectivity index (χ0n) is 35.0. The highest BCUT2D eigenvalue weighted by atomic mass is 32.2. The molecule has 0 spiro atoms. The molecule has 12 nitrogen and oxygen atoms in total. The average Bonchev–Trinajstić information content (AvgIpc) is 3.18. The highest BCUT2D eigenvalue weighted by Gasteiger charge is 2.23. The number of ketones is 1. The molecule has 1 aliphatic heterocycles. The van der Waals surface area contributed by atoms with Crippen LogP contribution in [0.5, 0.6) is 23.0 Å². The number of piperidine rings is 1. The van der Waals surface area contributed by atoms with Crippen molar-refractivity contribution in [2.45, 2.75) is 64.7 Å². The zero-order valence-corrected chi connectivity index (χ0v) is 35.8. The lowest BCUT2D eigenvalue weighted by Crippen LogP contribution is -2.30. The molecule has 0 saturated carbocycles. The van der Waals surface area contributed by atoms with Crippen LogP contribution < -0.4 is 29.6 Å². The fraction of sp³-hybridized carbons (Fsp3) is 0.370. The molecular formula is C46H55N5O7S. The van der Waals surface area contributed by atoms with E-state index in [4.69, 9.17) is 14.2 Å². The van der Waals surface area contributed by atoms with Gasteiger partial charge >= 0.3 is 6.03 Å². The van der Waals surface area contributed by atoms with E-state index in [-0.39, 0.29) is 22.6 Å². The second kappa shape index (κ2) is 18.5. The molecule has 0 unspecified atom stereocenters. The summed E-state index contributed by atoms with van der Waals surface area (Å²) in [6.45, 7) is 8.23. The van der Waals surface area contributed by atoms with Gasteiger partial charge in [-0.3, -0.25) is 14.5 Å². The second-order valence-electron chi connectivity index (χ2n) is 16.3. The summed E-state index contributed by atoms with van der Waals surface area (Å²) in [5.74, 6) is 2.72. The minimum absolute atomic E-state index is 0.105. The maximum atomic E-state index is 13.5. The van der Waals surface area contributed by atoms with Crippen molar-refractivity contribution in [2.24, 2.45) is 5.92 Å². The number of benzene rings is 4. The van der Waals surface area contributed by atoms with Gasteiger partial charge in [0.2, 0.25) is 10.0 Å². The van der Waals surface area contributed by atoms with Gasteiger partial charge in [0.05, 0.1) is 43.1 Å². The van der Waals surface area contributed by atoms with E-state index >= 15 is 0 Å². The quantitative estimate of drug-likeness (QED) is 0.0878. The Labute approximate surface area is 347 Å². The van der Waals surface area contributed by atoms with Crippen LogP contribution in [0.4, 0.5) is 21.9 Å². The minimum Gasteiger partial charge on any atom is -0.496 e. The minimum atomic E-state index is -3.64. The molecule has 59 heavy (non-hydrogen) atoms. The third kappa shape index (κ3) is 11.3. The fourth-order valence-electron chi connectivity index (χ4n) is 7.46. The molecule has 2 amide bonds. The van der Waals surface area contributed by atoms with Crippen LogP contribution >= 0.6 is 0 Å². The van der Waals surface area contributed by atoms with Crippen molar-refractivity contribution in [3.63, 3.8) is 0 Å². The summed E-state index contributed by atoms with van der Waals surface area (Å²) in [4.78, 5) is 33.7. The van der Waals surface area contributed by atoms with Crippen molar-refractivity contribution >= 4 is 49.7 Å². The Bertz CT molecular complexity index is 2420. The summed E-state index contributed by atoms with van der Waals surface area (Å²) in [6, 6.07) is 23.5. The van der Waals surface area contributed by atoms with Crippen molar-refractivity contribution in [3.05, 3.63) is 107 Å². The molecule has 0 radical (unpaired) electrons. The highest BCUT2D eigenvalue weighted by Crippen LogP contribution is 2.40. The molecule has 1 saturated heterocycles. The number of carbonyl (C=O) groups excluding carboxylic acids is 2. The summed E-state index contributed by atoms with van der Waals surface area (Å²) < 4.78 is 44.5. The topological polar surface area (TPSA) is 148 Å². The molecule has 13 heteroatoms. The SMILES string of the molecule is COc1cc(Cc2cc(Oc3ccc(NC(=O)Nc4cc(C(C)(C)C)cc(NS(C)(=O)=O)c4OC)c4ccccc34)ccn2)ccc1C(=O)CCCC1CCN(C)CC1. The predicted molar refractivity (Wildman–Crippen MR) is 235 cm³/mol. The smallest absolute Gasteiger partial charge is 0.323 e. The maximum absolute atomic E-state index is 13.5. The number of ether oxygens (including phenoxy) is 3. The Hall–Kier alpha value is -5.66. The third-order valence-corrected chi connectivity index (χ3v) is 11.2. The van der Waals surface area contributed by atoms with Crippen LogP contribution in [-0.2, 0) is 21.9 Å². The van der Waals surface area contributed by atoms with Gasteiger partial charge < -0.3 is 29.7 Å². The Morgan fingerprint density at radius 2 is 1.56 bits per heavy atom. The number of methoxy groups -OCH3 is 2. The van der Waals surface area contributed by atoms with E-state index < -0.39 is 16.1 Å². The summed E-state index contributed by atoms with van der Waals surface area (Å²) in [6.07, 6.45) is 8.15. The zero-order chi connectivity index (χ0) is 42.3. The molecule has 6 rings (SSSR count). The monoisotopic (exact) mass is 821 g/mol. The van der Waals surface area contributed by atoms with E-state index in [0.717, 1.165) is 59.8 Å². The number of pyridine rings is 1. The molecule has 1 aliphatic rings. The predicted octanol–water partition coefficient (Wildman–Crippen LogP) is 9.64. The van der Waals surface area contributed by atoms with Gasteiger partial charge in [-0.25, -0.2) is 13.2 Å². The van der Waals surface area contributed by atoms with Crippen LogP contribution in [0, 0.1) is 5.92 Å². The fourth-order valence-corrected chi connectivity index (χ4v) is 8.01. The first-order valence-electron chi connectivity index (χ1n) is 19.9. The van der Waals surface area contributed by atoms with E-state index in [1.54, 1.807) is 43.6 Å². The van der Waals surface area contributed by atoms with Gasteiger partial charge in [0.15, 0.2) is 11.5 Å². The third-order valence-electron chi connectivity index (χ3n) is 10.7. The van der Waals surface area contributed by atoms with Crippen LogP contribution in [-0.4, -0.2) is 70.7 Å². The summed E-state index contributed by atoms with van der Waals surface area (Å²) in [7, 11) is 1.54. The first kappa shape index (κ1) is 42.9. The molecule has 3 N–H and O–H groups in total. The molecule has 0 atom stereocenters. The van der Waals surface area contributed by atoms with Crippen LogP contribution in [0.1, 0.15) is 80.1 Å². The number of amides is 2. The van der Waals surface area contributed by atoms with Gasteiger partial charge in [-0.05, 0) is 111 Å². The summed E-state index contributed by atoms with van der Waals surface area (Å²) >= 11 is 0. The highest BCUT2D eigenvalue weighted by molar-refractivity contribution is 7.92. The van der Waals surface area contributed by atoms with Crippen LogP contribution in [0.2, 0.25) is 0 Å². The lowest BCUT2D eigenvalue weighted by Gasteiger charge is -2.28. The molecule has 5 aromatic rings. The Kier molecular flexibility index (Phi) is 13.5. The number of rotatable bonds is 15. The van der Waals surface area contributed by atoms with Crippen molar-refractivity contribution in [2.75, 3.05) is 56.0 Å². The number of sulfonamides is 1. The molecule has 312 valence electrons. The van der Waals surface area contributed by atoms with Crippen molar-refractivity contribution < 1.29 is 32.2 Å². The first-order chi connectivity index (χ1) is 28.1. The number of hydrogen-bond acceptors (Lipinski definition) is 9. The van der Waals surface area contributed by atoms with Gasteiger partial charge in [0.25, 0.3) is 0 Å². The van der Waals surface area contributed by atoms with Crippen LogP contribution in [0.25, 0.3) is 10.8 Å². The number of fused-ring (bicyclic) bond motifs is 1. The van der Waals surface area contributed by atoms with E-state index in [9.17, 15) is 18.0 Å². The lowest BCUT2D eigenvalue weighted by atomic mass is 9.86. The molecule has 1 aromatic heterocycles. The summed E-state index contributed by atoms with van der Waals surface area (Å²) in [5.41, 5.74) is 3.84. The van der Waals surface area contributed by atoms with Crippen LogP contribution in [0.15, 0.2) is 85.1 Å². The van der Waals surface area contributed by atoms with Crippen molar-refractivity contribution in [1.29, 1.82) is 0 Å². The Morgan fingerprint density at radius 1 is 0.847 bits per heavy atom. The van der Waals surface area contributed by atoms with E-state index in [1.807, 2.05) is 69.3 Å². The van der Waals surface area contributed by atoms with Gasteiger partial charge in [-0.1, -0.05) is 51.1 Å². The van der Waals surface area contributed by atoms with Gasteiger partial charge in [-0.2, -0.15) is 0 Å². The number of likely N-dealkylation sites (tertiary alicyclic amines) is 1. The molecule has 0 aliphatic carbocycles. The van der Waals surface area contributed by atoms with E-state index in [2.05, 4.69) is 32.3 Å². The number of nitrogens with zero attached hydrogens (tertiary/aromatic N) is 2. The Balaban J connectivity index is 1.14. The van der Waals surface area contributed by atoms with Gasteiger partial charge in [0, 0.05) is 41.6 Å². The maximum Gasteiger partial charge on any atom is 0.323 e. The van der Waals surface area contributed by atoms with Crippen molar-refractivity contribution in [3.8, 4) is 23.0 Å². The molecular weight excluding hydrogens is 767 g/mol.